The van der Waals surface area contributed by atoms with Gasteiger partial charge in [0.05, 0.1) is 22.7 Å². The Morgan fingerprint density at radius 3 is 2.71 bits per heavy atom. The van der Waals surface area contributed by atoms with Gasteiger partial charge in [-0.25, -0.2) is 0 Å². The highest BCUT2D eigenvalue weighted by Crippen LogP contribution is 2.74. The number of rotatable bonds is 4. The maximum Gasteiger partial charge on any atom is 0.230 e. The first-order valence-electron chi connectivity index (χ1n) is 8.77. The van der Waals surface area contributed by atoms with Gasteiger partial charge in [-0.1, -0.05) is 0 Å². The lowest BCUT2D eigenvalue weighted by molar-refractivity contribution is -0.213. The first-order chi connectivity index (χ1) is 11.4. The van der Waals surface area contributed by atoms with Crippen LogP contribution in [0.25, 0.3) is 0 Å². The van der Waals surface area contributed by atoms with E-state index >= 15 is 0 Å². The quantitative estimate of drug-likeness (QED) is 0.772. The van der Waals surface area contributed by atoms with Gasteiger partial charge in [-0.15, -0.1) is 0 Å². The zero-order valence-electron chi connectivity index (χ0n) is 14.0. The molecule has 1 aromatic rings. The van der Waals surface area contributed by atoms with Gasteiger partial charge in [-0.2, -0.15) is 5.10 Å². The Hall–Kier alpha value is -1.89. The fourth-order valence-electron chi connectivity index (χ4n) is 4.93. The van der Waals surface area contributed by atoms with E-state index in [9.17, 15) is 9.59 Å². The van der Waals surface area contributed by atoms with E-state index in [2.05, 4.69) is 15.5 Å². The maximum atomic E-state index is 12.9. The van der Waals surface area contributed by atoms with Crippen molar-refractivity contribution in [3.8, 4) is 0 Å². The van der Waals surface area contributed by atoms with Gasteiger partial charge in [-0.3, -0.25) is 14.7 Å². The van der Waals surface area contributed by atoms with E-state index in [1.807, 2.05) is 11.9 Å². The Balaban J connectivity index is 1.35. The van der Waals surface area contributed by atoms with Crippen LogP contribution in [0.4, 0.5) is 5.69 Å². The van der Waals surface area contributed by atoms with Crippen molar-refractivity contribution in [2.45, 2.75) is 57.0 Å². The first kappa shape index (κ1) is 15.6. The zero-order valence-corrected chi connectivity index (χ0v) is 14.0. The number of carbonyl (C=O) groups is 2. The lowest BCUT2D eigenvalue weighted by Crippen LogP contribution is -2.72. The molecule has 24 heavy (non-hydrogen) atoms. The third-order valence-electron chi connectivity index (χ3n) is 6.28. The number of nitrogens with one attached hydrogen (secondary N) is 2. The summed E-state index contributed by atoms with van der Waals surface area (Å²) in [6.45, 7) is 0. The molecule has 4 fully saturated rings. The molecule has 2 unspecified atom stereocenters. The fraction of sp³-hybridized carbons (Fsp3) is 0.706. The highest BCUT2D eigenvalue weighted by Gasteiger charge is 2.75. The SMILES string of the molecule is CN(C(=O)C12CC(C(=O)Nc3cn[nH]c3)(C1)C2)C1CCCC(N)C1. The number of anilines is 1. The molecule has 1 heterocycles. The van der Waals surface area contributed by atoms with Crippen LogP contribution in [-0.2, 0) is 9.59 Å². The maximum absolute atomic E-state index is 12.9. The Morgan fingerprint density at radius 2 is 2.08 bits per heavy atom. The van der Waals surface area contributed by atoms with Gasteiger partial charge in [-0.05, 0) is 44.9 Å². The van der Waals surface area contributed by atoms with Crippen LogP contribution < -0.4 is 11.1 Å². The molecule has 0 aromatic carbocycles. The monoisotopic (exact) mass is 331 g/mol. The molecular weight excluding hydrogens is 306 g/mol. The number of hydrogen-bond acceptors (Lipinski definition) is 4. The second-order valence-electron chi connectivity index (χ2n) is 8.03. The Kier molecular flexibility index (Phi) is 3.46. The van der Waals surface area contributed by atoms with Crippen molar-refractivity contribution in [1.29, 1.82) is 0 Å². The van der Waals surface area contributed by atoms with Gasteiger partial charge < -0.3 is 16.0 Å². The van der Waals surface area contributed by atoms with E-state index in [1.165, 1.54) is 0 Å². The van der Waals surface area contributed by atoms with Crippen LogP contribution in [0, 0.1) is 10.8 Å². The number of hydrogen-bond donors (Lipinski definition) is 3. The van der Waals surface area contributed by atoms with Gasteiger partial charge in [0.25, 0.3) is 0 Å². The summed E-state index contributed by atoms with van der Waals surface area (Å²) in [6.07, 6.45) is 9.34. The Labute approximate surface area is 141 Å². The summed E-state index contributed by atoms with van der Waals surface area (Å²) in [5.41, 5.74) is 6.08. The molecule has 2 amide bonds. The normalized spacial score (nSPS) is 37.1. The van der Waals surface area contributed by atoms with E-state index in [-0.39, 0.29) is 34.7 Å². The first-order valence-corrected chi connectivity index (χ1v) is 8.77. The average molecular weight is 331 g/mol. The summed E-state index contributed by atoms with van der Waals surface area (Å²) in [6, 6.07) is 0.463. The molecule has 1 aromatic heterocycles. The van der Waals surface area contributed by atoms with Crippen LogP contribution in [0.5, 0.6) is 0 Å². The standard InChI is InChI=1S/C17H25N5O2/c1-22(13-4-2-3-11(18)5-13)15(24)17-8-16(9-17,10-17)14(23)21-12-6-19-20-7-12/h6-7,11,13H,2-5,8-10,18H2,1H3,(H,19,20)(H,21,23). The highest BCUT2D eigenvalue weighted by molar-refractivity contribution is 6.02. The number of nitrogens with zero attached hydrogens (tertiary/aromatic N) is 2. The molecule has 7 heteroatoms. The van der Waals surface area contributed by atoms with Gasteiger partial charge >= 0.3 is 0 Å². The van der Waals surface area contributed by atoms with E-state index in [4.69, 9.17) is 5.73 Å². The molecule has 4 aliphatic carbocycles. The van der Waals surface area contributed by atoms with E-state index < -0.39 is 0 Å². The van der Waals surface area contributed by atoms with Gasteiger partial charge in [0.2, 0.25) is 11.8 Å². The molecule has 2 bridgehead atoms. The summed E-state index contributed by atoms with van der Waals surface area (Å²) in [7, 11) is 1.91. The number of nitrogens with two attached hydrogens (primary N) is 1. The van der Waals surface area contributed by atoms with Crippen molar-refractivity contribution in [3.63, 3.8) is 0 Å². The number of amides is 2. The third kappa shape index (κ3) is 2.25. The van der Waals surface area contributed by atoms with Gasteiger partial charge in [0, 0.05) is 25.3 Å². The molecule has 130 valence electrons. The second-order valence-corrected chi connectivity index (χ2v) is 8.03. The van der Waals surface area contributed by atoms with E-state index in [0.29, 0.717) is 24.9 Å². The predicted molar refractivity (Wildman–Crippen MR) is 88.9 cm³/mol. The van der Waals surface area contributed by atoms with Gasteiger partial charge in [0.15, 0.2) is 0 Å². The molecule has 0 aliphatic heterocycles. The molecule has 4 aliphatic rings. The second kappa shape index (κ2) is 5.31. The Bertz CT molecular complexity index is 636. The summed E-state index contributed by atoms with van der Waals surface area (Å²) in [4.78, 5) is 27.3. The van der Waals surface area contributed by atoms with Gasteiger partial charge in [0.1, 0.15) is 0 Å². The minimum Gasteiger partial charge on any atom is -0.342 e. The topological polar surface area (TPSA) is 104 Å². The molecule has 4 saturated carbocycles. The van der Waals surface area contributed by atoms with Crippen LogP contribution in [0.2, 0.25) is 0 Å². The Morgan fingerprint density at radius 1 is 1.33 bits per heavy atom. The van der Waals surface area contributed by atoms with Crippen LogP contribution in [0.1, 0.15) is 44.9 Å². The molecule has 4 N–H and O–H groups in total. The lowest BCUT2D eigenvalue weighted by Gasteiger charge is -2.68. The van der Waals surface area contributed by atoms with Crippen molar-refractivity contribution >= 4 is 17.5 Å². The van der Waals surface area contributed by atoms with Crippen molar-refractivity contribution in [3.05, 3.63) is 12.4 Å². The molecule has 2 atom stereocenters. The summed E-state index contributed by atoms with van der Waals surface area (Å²) in [5.74, 6) is 0.223. The van der Waals surface area contributed by atoms with E-state index in [1.54, 1.807) is 12.4 Å². The van der Waals surface area contributed by atoms with E-state index in [0.717, 1.165) is 25.7 Å². The highest BCUT2D eigenvalue weighted by atomic mass is 16.2. The number of H-pyrrole nitrogens is 1. The van der Waals surface area contributed by atoms with Crippen molar-refractivity contribution in [2.24, 2.45) is 16.6 Å². The molecular formula is C17H25N5O2. The molecule has 0 saturated heterocycles. The largest absolute Gasteiger partial charge is 0.342 e. The van der Waals surface area contributed by atoms with Crippen LogP contribution in [0.15, 0.2) is 12.4 Å². The van der Waals surface area contributed by atoms with Crippen LogP contribution >= 0.6 is 0 Å². The number of aromatic amines is 1. The van der Waals surface area contributed by atoms with Crippen LogP contribution in [-0.4, -0.2) is 46.0 Å². The average Bonchev–Trinajstić information content (AvgIpc) is 2.96. The minimum atomic E-state index is -0.350. The number of carbonyl (C=O) groups excluding carboxylic acids is 2. The van der Waals surface area contributed by atoms with Crippen molar-refractivity contribution < 1.29 is 9.59 Å². The van der Waals surface area contributed by atoms with Crippen molar-refractivity contribution in [1.82, 2.24) is 15.1 Å². The third-order valence-corrected chi connectivity index (χ3v) is 6.28. The molecule has 5 rings (SSSR count). The number of aromatic nitrogens is 2. The molecule has 7 nitrogen and oxygen atoms in total. The van der Waals surface area contributed by atoms with Crippen molar-refractivity contribution in [2.75, 3.05) is 12.4 Å². The summed E-state index contributed by atoms with van der Waals surface area (Å²) >= 11 is 0. The fourth-order valence-corrected chi connectivity index (χ4v) is 4.93. The lowest BCUT2D eigenvalue weighted by atomic mass is 9.34. The molecule has 0 radical (unpaired) electrons. The summed E-state index contributed by atoms with van der Waals surface area (Å²) in [5, 5.41) is 9.39. The summed E-state index contributed by atoms with van der Waals surface area (Å²) < 4.78 is 0. The predicted octanol–water partition coefficient (Wildman–Crippen LogP) is 1.25. The smallest absolute Gasteiger partial charge is 0.230 e. The minimum absolute atomic E-state index is 0.0147. The van der Waals surface area contributed by atoms with Crippen LogP contribution in [0.3, 0.4) is 0 Å². The zero-order chi connectivity index (χ0) is 16.9. The molecule has 0 spiro atoms.